The Morgan fingerprint density at radius 3 is 2.86 bits per heavy atom. The molecule has 0 aromatic heterocycles. The van der Waals surface area contributed by atoms with E-state index in [4.69, 9.17) is 0 Å². The Labute approximate surface area is 83.6 Å². The zero-order valence-corrected chi connectivity index (χ0v) is 8.09. The Bertz CT molecular complexity index is 342. The van der Waals surface area contributed by atoms with Gasteiger partial charge in [0.25, 0.3) is 0 Å². The van der Waals surface area contributed by atoms with E-state index >= 15 is 0 Å². The van der Waals surface area contributed by atoms with Crippen molar-refractivity contribution in [3.63, 3.8) is 0 Å². The first-order valence-corrected chi connectivity index (χ1v) is 4.94. The monoisotopic (exact) mass is 191 g/mol. The summed E-state index contributed by atoms with van der Waals surface area (Å²) in [7, 11) is 0. The molecule has 1 saturated carbocycles. The van der Waals surface area contributed by atoms with Crippen molar-refractivity contribution >= 4 is 6.08 Å². The van der Waals surface area contributed by atoms with Gasteiger partial charge in [0.1, 0.15) is 5.82 Å². The average Bonchev–Trinajstić information content (AvgIpc) is 2.99. The molecule has 0 atom stereocenters. The molecule has 1 aliphatic rings. The maximum Gasteiger partial charge on any atom is 0.128 e. The summed E-state index contributed by atoms with van der Waals surface area (Å²) in [5, 5.41) is 3.29. The molecule has 0 aliphatic heterocycles. The third-order valence-corrected chi connectivity index (χ3v) is 2.47. The van der Waals surface area contributed by atoms with E-state index in [-0.39, 0.29) is 5.82 Å². The maximum absolute atomic E-state index is 13.4. The lowest BCUT2D eigenvalue weighted by atomic mass is 10.1. The Morgan fingerprint density at radius 2 is 2.29 bits per heavy atom. The maximum atomic E-state index is 13.4. The van der Waals surface area contributed by atoms with E-state index in [1.807, 2.05) is 12.1 Å². The highest BCUT2D eigenvalue weighted by molar-refractivity contribution is 5.47. The average molecular weight is 191 g/mol. The fourth-order valence-electron chi connectivity index (χ4n) is 1.38. The van der Waals surface area contributed by atoms with E-state index < -0.39 is 0 Å². The number of rotatable bonds is 4. The molecule has 1 aliphatic carbocycles. The van der Waals surface area contributed by atoms with Crippen molar-refractivity contribution in [1.82, 2.24) is 5.32 Å². The SMILES string of the molecule is C=Cc1ccc(CNC2CC2)c(F)c1. The summed E-state index contributed by atoms with van der Waals surface area (Å²) in [5.74, 6) is -0.143. The van der Waals surface area contributed by atoms with Gasteiger partial charge in [-0.05, 0) is 24.5 Å². The normalized spacial score (nSPS) is 15.5. The van der Waals surface area contributed by atoms with Crippen LogP contribution in [-0.4, -0.2) is 6.04 Å². The largest absolute Gasteiger partial charge is 0.310 e. The molecule has 0 spiro atoms. The predicted molar refractivity (Wildman–Crippen MR) is 56.4 cm³/mol. The van der Waals surface area contributed by atoms with Crippen molar-refractivity contribution in [2.75, 3.05) is 0 Å². The fraction of sp³-hybridized carbons (Fsp3) is 0.333. The molecule has 2 heteroatoms. The molecule has 1 aromatic rings. The van der Waals surface area contributed by atoms with E-state index in [1.165, 1.54) is 18.9 Å². The molecule has 1 N–H and O–H groups in total. The third-order valence-electron chi connectivity index (χ3n) is 2.47. The summed E-state index contributed by atoms with van der Waals surface area (Å²) in [6.45, 7) is 4.24. The number of halogens is 1. The highest BCUT2D eigenvalue weighted by atomic mass is 19.1. The summed E-state index contributed by atoms with van der Waals surface area (Å²) in [6, 6.07) is 5.85. The molecule has 0 unspecified atom stereocenters. The van der Waals surface area contributed by atoms with Gasteiger partial charge in [0.2, 0.25) is 0 Å². The fourth-order valence-corrected chi connectivity index (χ4v) is 1.38. The number of benzene rings is 1. The van der Waals surface area contributed by atoms with E-state index in [9.17, 15) is 4.39 Å². The van der Waals surface area contributed by atoms with Gasteiger partial charge >= 0.3 is 0 Å². The minimum atomic E-state index is -0.143. The van der Waals surface area contributed by atoms with Crippen LogP contribution in [0, 0.1) is 5.82 Å². The predicted octanol–water partition coefficient (Wildman–Crippen LogP) is 2.72. The third kappa shape index (κ3) is 2.20. The molecule has 0 amide bonds. The van der Waals surface area contributed by atoms with Crippen LogP contribution < -0.4 is 5.32 Å². The minimum Gasteiger partial charge on any atom is -0.310 e. The van der Waals surface area contributed by atoms with E-state index in [1.54, 1.807) is 6.08 Å². The van der Waals surface area contributed by atoms with Gasteiger partial charge in [-0.1, -0.05) is 24.8 Å². The molecule has 14 heavy (non-hydrogen) atoms. The van der Waals surface area contributed by atoms with Crippen LogP contribution >= 0.6 is 0 Å². The quantitative estimate of drug-likeness (QED) is 0.771. The second-order valence-corrected chi connectivity index (χ2v) is 3.71. The topological polar surface area (TPSA) is 12.0 Å². The Hall–Kier alpha value is -1.15. The lowest BCUT2D eigenvalue weighted by molar-refractivity contribution is 0.587. The molecule has 0 radical (unpaired) electrons. The molecular weight excluding hydrogens is 177 g/mol. The first-order chi connectivity index (χ1) is 6.79. The highest BCUT2D eigenvalue weighted by Crippen LogP contribution is 2.20. The Balaban J connectivity index is 2.04. The molecule has 0 heterocycles. The van der Waals surface area contributed by atoms with Crippen molar-refractivity contribution in [2.24, 2.45) is 0 Å². The lowest BCUT2D eigenvalue weighted by Crippen LogP contribution is -2.16. The zero-order chi connectivity index (χ0) is 9.97. The van der Waals surface area contributed by atoms with Gasteiger partial charge < -0.3 is 5.32 Å². The van der Waals surface area contributed by atoms with Crippen LogP contribution in [0.2, 0.25) is 0 Å². The molecule has 0 bridgehead atoms. The summed E-state index contributed by atoms with van der Waals surface area (Å²) in [6.07, 6.45) is 4.11. The molecule has 74 valence electrons. The first kappa shape index (κ1) is 9.41. The van der Waals surface area contributed by atoms with Gasteiger partial charge in [-0.15, -0.1) is 0 Å². The van der Waals surface area contributed by atoms with Crippen molar-refractivity contribution in [2.45, 2.75) is 25.4 Å². The second kappa shape index (κ2) is 3.93. The Morgan fingerprint density at radius 1 is 1.50 bits per heavy atom. The van der Waals surface area contributed by atoms with E-state index in [2.05, 4.69) is 11.9 Å². The summed E-state index contributed by atoms with van der Waals surface area (Å²) < 4.78 is 13.4. The summed E-state index contributed by atoms with van der Waals surface area (Å²) in [5.41, 5.74) is 1.57. The highest BCUT2D eigenvalue weighted by Gasteiger charge is 2.20. The van der Waals surface area contributed by atoms with Crippen LogP contribution in [-0.2, 0) is 6.54 Å². The van der Waals surface area contributed by atoms with E-state index in [0.29, 0.717) is 12.6 Å². The van der Waals surface area contributed by atoms with Gasteiger partial charge in [0.15, 0.2) is 0 Å². The first-order valence-electron chi connectivity index (χ1n) is 4.94. The van der Waals surface area contributed by atoms with Gasteiger partial charge in [-0.3, -0.25) is 0 Å². The molecule has 1 fully saturated rings. The van der Waals surface area contributed by atoms with Crippen LogP contribution in [0.5, 0.6) is 0 Å². The van der Waals surface area contributed by atoms with Crippen LogP contribution in [0.4, 0.5) is 4.39 Å². The summed E-state index contributed by atoms with van der Waals surface area (Å²) in [4.78, 5) is 0. The molecule has 0 saturated heterocycles. The number of nitrogens with one attached hydrogen (secondary N) is 1. The smallest absolute Gasteiger partial charge is 0.128 e. The van der Waals surface area contributed by atoms with Crippen LogP contribution in [0.15, 0.2) is 24.8 Å². The second-order valence-electron chi connectivity index (χ2n) is 3.71. The molecule has 1 nitrogen and oxygen atoms in total. The van der Waals surface area contributed by atoms with Crippen molar-refractivity contribution < 1.29 is 4.39 Å². The number of hydrogen-bond acceptors (Lipinski definition) is 1. The van der Waals surface area contributed by atoms with Gasteiger partial charge in [0.05, 0.1) is 0 Å². The van der Waals surface area contributed by atoms with Crippen molar-refractivity contribution in [3.8, 4) is 0 Å². The van der Waals surface area contributed by atoms with Crippen LogP contribution in [0.3, 0.4) is 0 Å². The van der Waals surface area contributed by atoms with Crippen LogP contribution in [0.25, 0.3) is 6.08 Å². The Kier molecular flexibility index (Phi) is 2.64. The van der Waals surface area contributed by atoms with Gasteiger partial charge in [0, 0.05) is 18.2 Å². The summed E-state index contributed by atoms with van der Waals surface area (Å²) >= 11 is 0. The minimum absolute atomic E-state index is 0.143. The van der Waals surface area contributed by atoms with Gasteiger partial charge in [-0.25, -0.2) is 4.39 Å². The molecular formula is C12H14FN. The van der Waals surface area contributed by atoms with Crippen molar-refractivity contribution in [1.29, 1.82) is 0 Å². The van der Waals surface area contributed by atoms with Gasteiger partial charge in [-0.2, -0.15) is 0 Å². The molecule has 1 aromatic carbocycles. The lowest BCUT2D eigenvalue weighted by Gasteiger charge is -2.05. The standard InChI is InChI=1S/C12H14FN/c1-2-9-3-4-10(12(13)7-9)8-14-11-5-6-11/h2-4,7,11,14H,1,5-6,8H2. The zero-order valence-electron chi connectivity index (χ0n) is 8.09. The van der Waals surface area contributed by atoms with Crippen LogP contribution in [0.1, 0.15) is 24.0 Å². The number of hydrogen-bond donors (Lipinski definition) is 1. The van der Waals surface area contributed by atoms with Crippen molar-refractivity contribution in [3.05, 3.63) is 41.7 Å². The van der Waals surface area contributed by atoms with E-state index in [0.717, 1.165) is 11.1 Å². The molecule has 2 rings (SSSR count).